The number of benzene rings is 1. The van der Waals surface area contributed by atoms with Gasteiger partial charge < -0.3 is 20.1 Å². The number of hydrogen-bond donors (Lipinski definition) is 2. The van der Waals surface area contributed by atoms with Crippen LogP contribution in [0.25, 0.3) is 0 Å². The summed E-state index contributed by atoms with van der Waals surface area (Å²) in [7, 11) is 0. The van der Waals surface area contributed by atoms with E-state index in [1.807, 2.05) is 31.2 Å². The molecular formula is C23H30N4O4. The van der Waals surface area contributed by atoms with Crippen LogP contribution in [0.1, 0.15) is 56.8 Å². The lowest BCUT2D eigenvalue weighted by Crippen LogP contribution is -2.44. The van der Waals surface area contributed by atoms with Crippen molar-refractivity contribution in [3.63, 3.8) is 0 Å². The fraction of sp³-hybridized carbons (Fsp3) is 0.478. The van der Waals surface area contributed by atoms with Crippen LogP contribution in [0, 0.1) is 6.92 Å². The number of hydrogen-bond acceptors (Lipinski definition) is 5. The van der Waals surface area contributed by atoms with E-state index in [-0.39, 0.29) is 43.1 Å². The lowest BCUT2D eigenvalue weighted by molar-refractivity contribution is -0.125. The smallest absolute Gasteiger partial charge is 0.240 e. The van der Waals surface area contributed by atoms with Gasteiger partial charge in [-0.25, -0.2) is 0 Å². The molecule has 3 rings (SSSR count). The largest absolute Gasteiger partial charge is 0.360 e. The van der Waals surface area contributed by atoms with Gasteiger partial charge in [0.25, 0.3) is 0 Å². The van der Waals surface area contributed by atoms with Crippen molar-refractivity contribution in [2.24, 2.45) is 0 Å². The van der Waals surface area contributed by atoms with Crippen molar-refractivity contribution in [1.29, 1.82) is 0 Å². The van der Waals surface area contributed by atoms with Crippen LogP contribution in [0.4, 0.5) is 11.5 Å². The van der Waals surface area contributed by atoms with Gasteiger partial charge in [0.2, 0.25) is 17.7 Å². The van der Waals surface area contributed by atoms with Crippen LogP contribution in [-0.4, -0.2) is 35.5 Å². The Morgan fingerprint density at radius 3 is 2.55 bits per heavy atom. The summed E-state index contributed by atoms with van der Waals surface area (Å²) in [6.45, 7) is 3.68. The van der Waals surface area contributed by atoms with Gasteiger partial charge in [0.15, 0.2) is 5.82 Å². The van der Waals surface area contributed by atoms with Crippen LogP contribution in [0.5, 0.6) is 0 Å². The predicted octanol–water partition coefficient (Wildman–Crippen LogP) is 3.36. The Kier molecular flexibility index (Phi) is 7.81. The molecule has 2 N–H and O–H groups in total. The van der Waals surface area contributed by atoms with Gasteiger partial charge in [0.05, 0.1) is 0 Å². The average Bonchev–Trinajstić information content (AvgIpc) is 3.41. The van der Waals surface area contributed by atoms with Crippen LogP contribution in [0.2, 0.25) is 0 Å². The van der Waals surface area contributed by atoms with Crippen LogP contribution in [0.3, 0.4) is 0 Å². The Hall–Kier alpha value is -3.16. The monoisotopic (exact) mass is 426 g/mol. The Morgan fingerprint density at radius 2 is 1.87 bits per heavy atom. The Balaban J connectivity index is 1.66. The number of anilines is 2. The Labute approximate surface area is 182 Å². The van der Waals surface area contributed by atoms with E-state index in [2.05, 4.69) is 15.8 Å². The molecule has 0 bridgehead atoms. The molecule has 8 nitrogen and oxygen atoms in total. The minimum atomic E-state index is -0.333. The first kappa shape index (κ1) is 22.5. The Morgan fingerprint density at radius 1 is 1.13 bits per heavy atom. The highest BCUT2D eigenvalue weighted by Gasteiger charge is 2.24. The third-order valence-corrected chi connectivity index (χ3v) is 5.45. The second-order valence-electron chi connectivity index (χ2n) is 7.88. The molecule has 2 aromatic rings. The van der Waals surface area contributed by atoms with Crippen molar-refractivity contribution in [2.45, 2.75) is 64.8 Å². The number of para-hydroxylation sites is 1. The van der Waals surface area contributed by atoms with Crippen molar-refractivity contribution < 1.29 is 18.9 Å². The van der Waals surface area contributed by atoms with E-state index in [0.717, 1.165) is 37.7 Å². The highest BCUT2D eigenvalue weighted by molar-refractivity contribution is 6.01. The number of amides is 3. The molecule has 166 valence electrons. The topological polar surface area (TPSA) is 105 Å². The second kappa shape index (κ2) is 10.7. The number of carbonyl (C=O) groups is 3. The third-order valence-electron chi connectivity index (χ3n) is 5.45. The Bertz CT molecular complexity index is 918. The summed E-state index contributed by atoms with van der Waals surface area (Å²) in [5, 5.41) is 9.38. The highest BCUT2D eigenvalue weighted by atomic mass is 16.5. The zero-order chi connectivity index (χ0) is 22.2. The van der Waals surface area contributed by atoms with Crippen LogP contribution in [0.15, 0.2) is 34.9 Å². The molecule has 0 unspecified atom stereocenters. The summed E-state index contributed by atoms with van der Waals surface area (Å²) in [6.07, 6.45) is 4.89. The number of carbonyl (C=O) groups excluding carboxylic acids is 3. The molecule has 1 aromatic carbocycles. The summed E-state index contributed by atoms with van der Waals surface area (Å²) in [5.41, 5.74) is 1.69. The molecule has 1 aliphatic rings. The van der Waals surface area contributed by atoms with E-state index in [1.54, 1.807) is 13.0 Å². The van der Waals surface area contributed by atoms with Gasteiger partial charge in [0, 0.05) is 30.6 Å². The lowest BCUT2D eigenvalue weighted by Gasteiger charge is -2.25. The van der Waals surface area contributed by atoms with Crippen molar-refractivity contribution in [2.75, 3.05) is 16.8 Å². The number of aryl methyl sites for hydroxylation is 2. The van der Waals surface area contributed by atoms with Gasteiger partial charge in [-0.1, -0.05) is 43.1 Å². The van der Waals surface area contributed by atoms with Gasteiger partial charge in [-0.3, -0.25) is 14.4 Å². The summed E-state index contributed by atoms with van der Waals surface area (Å²) in [5.74, 6) is 0.129. The number of rotatable bonds is 9. The quantitative estimate of drug-likeness (QED) is 0.640. The third kappa shape index (κ3) is 6.41. The number of nitrogens with zero attached hydrogens (tertiary/aromatic N) is 2. The standard InChI is InChI=1S/C23H30N4O4/c1-3-17-8-4-7-11-19(17)27(15-22(29)24-18-9-5-6-10-18)23(30)13-12-21(28)25-20-14-16(2)31-26-20/h4,7-8,11,14,18H,3,5-6,9-10,12-13,15H2,1-2H3,(H,24,29)(H,25,26,28). The van der Waals surface area contributed by atoms with E-state index < -0.39 is 0 Å². The zero-order valence-electron chi connectivity index (χ0n) is 18.1. The number of nitrogens with one attached hydrogen (secondary N) is 2. The minimum Gasteiger partial charge on any atom is -0.360 e. The molecule has 1 saturated carbocycles. The van der Waals surface area contributed by atoms with Crippen molar-refractivity contribution in [3.05, 3.63) is 41.7 Å². The average molecular weight is 427 g/mol. The fourth-order valence-electron chi connectivity index (χ4n) is 3.85. The van der Waals surface area contributed by atoms with E-state index in [1.165, 1.54) is 4.90 Å². The molecule has 0 radical (unpaired) electrons. The maximum absolute atomic E-state index is 13.1. The summed E-state index contributed by atoms with van der Waals surface area (Å²) in [4.78, 5) is 39.5. The van der Waals surface area contributed by atoms with Gasteiger partial charge in [-0.15, -0.1) is 0 Å². The van der Waals surface area contributed by atoms with Gasteiger partial charge in [-0.05, 0) is 37.8 Å². The van der Waals surface area contributed by atoms with Crippen LogP contribution >= 0.6 is 0 Å². The maximum atomic E-state index is 13.1. The fourth-order valence-corrected chi connectivity index (χ4v) is 3.85. The summed E-state index contributed by atoms with van der Waals surface area (Å²) in [6, 6.07) is 9.35. The molecule has 1 heterocycles. The molecule has 1 fully saturated rings. The summed E-state index contributed by atoms with van der Waals surface area (Å²) < 4.78 is 4.93. The van der Waals surface area contributed by atoms with E-state index >= 15 is 0 Å². The normalized spacial score (nSPS) is 13.7. The van der Waals surface area contributed by atoms with Crippen LogP contribution < -0.4 is 15.5 Å². The molecule has 0 aliphatic heterocycles. The minimum absolute atomic E-state index is 0.0141. The SMILES string of the molecule is CCc1ccccc1N(CC(=O)NC1CCCC1)C(=O)CCC(=O)Nc1cc(C)on1. The molecule has 1 aromatic heterocycles. The summed E-state index contributed by atoms with van der Waals surface area (Å²) >= 11 is 0. The second-order valence-corrected chi connectivity index (χ2v) is 7.88. The lowest BCUT2D eigenvalue weighted by atomic mass is 10.1. The molecule has 1 aliphatic carbocycles. The first-order valence-electron chi connectivity index (χ1n) is 10.9. The van der Waals surface area contributed by atoms with Crippen molar-refractivity contribution >= 4 is 29.2 Å². The van der Waals surface area contributed by atoms with Gasteiger partial charge in [0.1, 0.15) is 12.3 Å². The molecule has 0 atom stereocenters. The molecule has 0 spiro atoms. The first-order valence-corrected chi connectivity index (χ1v) is 10.9. The van der Waals surface area contributed by atoms with Gasteiger partial charge in [-0.2, -0.15) is 0 Å². The van der Waals surface area contributed by atoms with Gasteiger partial charge >= 0.3 is 0 Å². The first-order chi connectivity index (χ1) is 15.0. The molecule has 3 amide bonds. The highest BCUT2D eigenvalue weighted by Crippen LogP contribution is 2.23. The molecule has 0 saturated heterocycles. The van der Waals surface area contributed by atoms with E-state index in [9.17, 15) is 14.4 Å². The zero-order valence-corrected chi connectivity index (χ0v) is 18.1. The predicted molar refractivity (Wildman–Crippen MR) is 118 cm³/mol. The van der Waals surface area contributed by atoms with E-state index in [0.29, 0.717) is 17.3 Å². The van der Waals surface area contributed by atoms with Crippen molar-refractivity contribution in [3.8, 4) is 0 Å². The van der Waals surface area contributed by atoms with Crippen molar-refractivity contribution in [1.82, 2.24) is 10.5 Å². The molecule has 31 heavy (non-hydrogen) atoms. The van der Waals surface area contributed by atoms with Crippen LogP contribution in [-0.2, 0) is 20.8 Å². The maximum Gasteiger partial charge on any atom is 0.240 e. The molecule has 8 heteroatoms. The number of aromatic nitrogens is 1. The molecular weight excluding hydrogens is 396 g/mol. The van der Waals surface area contributed by atoms with E-state index in [4.69, 9.17) is 4.52 Å².